The molecule has 0 radical (unpaired) electrons. The normalized spacial score (nSPS) is 15.7. The summed E-state index contributed by atoms with van der Waals surface area (Å²) in [5.74, 6) is 0.565. The molecule has 3 rings (SSSR count). The molecule has 2 aromatic rings. The number of rotatable bonds is 4. The fourth-order valence-electron chi connectivity index (χ4n) is 3.14. The second kappa shape index (κ2) is 6.15. The van der Waals surface area contributed by atoms with Gasteiger partial charge < -0.3 is 14.7 Å². The van der Waals surface area contributed by atoms with Crippen LogP contribution in [0.4, 0.5) is 5.82 Å². The van der Waals surface area contributed by atoms with E-state index in [-0.39, 0.29) is 5.04 Å². The fourth-order valence-corrected chi connectivity index (χ4v) is 4.17. The highest BCUT2D eigenvalue weighted by atomic mass is 28.4. The molecule has 0 aliphatic heterocycles. The topological polar surface area (TPSA) is 66.0 Å². The molecule has 0 aromatic carbocycles. The van der Waals surface area contributed by atoms with Crippen LogP contribution in [0.25, 0.3) is 11.0 Å². The number of imidazole rings is 1. The number of nitrogens with two attached hydrogens (primary N) is 1. The van der Waals surface area contributed by atoms with Crippen LogP contribution in [-0.2, 0) is 23.8 Å². The molecule has 5 nitrogen and oxygen atoms in total. The van der Waals surface area contributed by atoms with Crippen molar-refractivity contribution in [2.75, 3.05) is 12.3 Å². The molecule has 24 heavy (non-hydrogen) atoms. The minimum atomic E-state index is -1.72. The summed E-state index contributed by atoms with van der Waals surface area (Å²) < 4.78 is 8.55. The molecule has 6 heteroatoms. The molecule has 0 saturated carbocycles. The van der Waals surface area contributed by atoms with Crippen molar-refractivity contribution in [3.63, 3.8) is 0 Å². The Balaban J connectivity index is 1.85. The molecular formula is C18H30N4OSi. The molecule has 2 aromatic heterocycles. The van der Waals surface area contributed by atoms with E-state index in [0.717, 1.165) is 31.5 Å². The Labute approximate surface area is 145 Å². The molecule has 0 atom stereocenters. The maximum atomic E-state index is 6.33. The van der Waals surface area contributed by atoms with Gasteiger partial charge in [-0.05, 0) is 49.4 Å². The number of fused-ring (bicyclic) bond motifs is 3. The highest BCUT2D eigenvalue weighted by molar-refractivity contribution is 6.74. The minimum Gasteiger partial charge on any atom is -0.415 e. The first-order valence-electron chi connectivity index (χ1n) is 8.97. The van der Waals surface area contributed by atoms with Crippen molar-refractivity contribution in [2.24, 2.45) is 0 Å². The zero-order valence-electron chi connectivity index (χ0n) is 15.6. The molecule has 0 spiro atoms. The summed E-state index contributed by atoms with van der Waals surface area (Å²) in [4.78, 5) is 9.11. The number of aromatic nitrogens is 3. The third-order valence-corrected chi connectivity index (χ3v) is 10.2. The minimum absolute atomic E-state index is 0.234. The van der Waals surface area contributed by atoms with Crippen molar-refractivity contribution in [1.82, 2.24) is 14.5 Å². The lowest BCUT2D eigenvalue weighted by Crippen LogP contribution is -2.41. The fraction of sp³-hybridized carbons (Fsp3) is 0.667. The van der Waals surface area contributed by atoms with Crippen molar-refractivity contribution in [1.29, 1.82) is 0 Å². The van der Waals surface area contributed by atoms with Crippen LogP contribution in [0, 0.1) is 0 Å². The van der Waals surface area contributed by atoms with Crippen LogP contribution in [0.3, 0.4) is 0 Å². The van der Waals surface area contributed by atoms with Crippen molar-refractivity contribution in [3.05, 3.63) is 17.6 Å². The highest BCUT2D eigenvalue weighted by Gasteiger charge is 2.36. The molecule has 0 bridgehead atoms. The van der Waals surface area contributed by atoms with Gasteiger partial charge in [-0.3, -0.25) is 0 Å². The second-order valence-corrected chi connectivity index (χ2v) is 13.2. The van der Waals surface area contributed by atoms with Gasteiger partial charge in [0.05, 0.1) is 18.5 Å². The maximum absolute atomic E-state index is 6.33. The van der Waals surface area contributed by atoms with E-state index in [0.29, 0.717) is 5.82 Å². The van der Waals surface area contributed by atoms with Crippen LogP contribution >= 0.6 is 0 Å². The van der Waals surface area contributed by atoms with E-state index in [1.165, 1.54) is 29.6 Å². The summed E-state index contributed by atoms with van der Waals surface area (Å²) in [6.07, 6.45) is 6.43. The Bertz CT molecular complexity index is 746. The lowest BCUT2D eigenvalue weighted by Gasteiger charge is -2.36. The number of nitrogens with zero attached hydrogens (tertiary/aromatic N) is 3. The van der Waals surface area contributed by atoms with E-state index < -0.39 is 8.32 Å². The Kier molecular flexibility index (Phi) is 4.46. The van der Waals surface area contributed by atoms with Crippen LogP contribution in [0.2, 0.25) is 18.1 Å². The van der Waals surface area contributed by atoms with Crippen LogP contribution in [0.1, 0.15) is 44.9 Å². The van der Waals surface area contributed by atoms with E-state index >= 15 is 0 Å². The Hall–Kier alpha value is -1.40. The molecule has 0 amide bonds. The quantitative estimate of drug-likeness (QED) is 0.852. The predicted molar refractivity (Wildman–Crippen MR) is 102 cm³/mol. The lowest BCUT2D eigenvalue weighted by atomic mass is 9.95. The van der Waals surface area contributed by atoms with Gasteiger partial charge in [0.25, 0.3) is 0 Å². The summed E-state index contributed by atoms with van der Waals surface area (Å²) in [6.45, 7) is 12.9. The van der Waals surface area contributed by atoms with E-state index in [1.807, 2.05) is 6.33 Å². The number of aryl methyl sites for hydroxylation is 2. The number of hydrogen-bond donors (Lipinski definition) is 1. The summed E-state index contributed by atoms with van der Waals surface area (Å²) in [5.41, 5.74) is 10.7. The first kappa shape index (κ1) is 17.4. The number of anilines is 1. The first-order chi connectivity index (χ1) is 11.2. The van der Waals surface area contributed by atoms with Crippen LogP contribution in [0.15, 0.2) is 6.33 Å². The van der Waals surface area contributed by atoms with Crippen molar-refractivity contribution >= 4 is 25.2 Å². The zero-order chi connectivity index (χ0) is 17.5. The van der Waals surface area contributed by atoms with Crippen molar-refractivity contribution < 1.29 is 4.43 Å². The average molecular weight is 347 g/mol. The van der Waals surface area contributed by atoms with Gasteiger partial charge in [-0.25, -0.2) is 9.97 Å². The van der Waals surface area contributed by atoms with E-state index in [1.54, 1.807) is 0 Å². The zero-order valence-corrected chi connectivity index (χ0v) is 16.6. The number of nitrogen functional groups attached to an aromatic ring is 1. The van der Waals surface area contributed by atoms with Crippen LogP contribution in [-0.4, -0.2) is 29.5 Å². The Morgan fingerprint density at radius 3 is 2.67 bits per heavy atom. The van der Waals surface area contributed by atoms with E-state index in [9.17, 15) is 0 Å². The van der Waals surface area contributed by atoms with Gasteiger partial charge >= 0.3 is 0 Å². The lowest BCUT2D eigenvalue weighted by molar-refractivity contribution is 0.273. The first-order valence-corrected chi connectivity index (χ1v) is 11.9. The van der Waals surface area contributed by atoms with Gasteiger partial charge in [0.2, 0.25) is 0 Å². The van der Waals surface area contributed by atoms with E-state index in [2.05, 4.69) is 48.4 Å². The second-order valence-electron chi connectivity index (χ2n) is 8.37. The third-order valence-electron chi connectivity index (χ3n) is 5.66. The highest BCUT2D eigenvalue weighted by Crippen LogP contribution is 2.36. The van der Waals surface area contributed by atoms with Crippen molar-refractivity contribution in [3.8, 4) is 0 Å². The largest absolute Gasteiger partial charge is 0.415 e. The summed E-state index contributed by atoms with van der Waals surface area (Å²) in [6, 6.07) is 0. The molecule has 0 fully saturated rings. The Morgan fingerprint density at radius 1 is 1.25 bits per heavy atom. The Morgan fingerprint density at radius 2 is 1.96 bits per heavy atom. The monoisotopic (exact) mass is 346 g/mol. The standard InChI is InChI=1S/C18H30N4OSi/c1-18(2,3)24(4,5)23-11-10-22-12-20-15-16(22)13-8-6-7-9-14(13)21-17(15)19/h12H,6-11H2,1-5H3,(H2,19,21). The number of hydrogen-bond acceptors (Lipinski definition) is 4. The molecule has 1 aliphatic carbocycles. The van der Waals surface area contributed by atoms with Gasteiger partial charge in [0.15, 0.2) is 14.1 Å². The third kappa shape index (κ3) is 3.09. The predicted octanol–water partition coefficient (Wildman–Crippen LogP) is 3.91. The van der Waals surface area contributed by atoms with Gasteiger partial charge in [0.1, 0.15) is 5.52 Å². The maximum Gasteiger partial charge on any atom is 0.192 e. The number of pyridine rings is 1. The molecule has 2 heterocycles. The molecule has 1 aliphatic rings. The summed E-state index contributed by atoms with van der Waals surface area (Å²) >= 11 is 0. The molecule has 132 valence electrons. The van der Waals surface area contributed by atoms with Crippen LogP contribution in [0.5, 0.6) is 0 Å². The smallest absolute Gasteiger partial charge is 0.192 e. The summed E-state index contributed by atoms with van der Waals surface area (Å²) in [7, 11) is -1.72. The van der Waals surface area contributed by atoms with Gasteiger partial charge in [-0.1, -0.05) is 20.8 Å². The molecular weight excluding hydrogens is 316 g/mol. The molecule has 0 saturated heterocycles. The summed E-state index contributed by atoms with van der Waals surface area (Å²) in [5, 5.41) is 0.234. The van der Waals surface area contributed by atoms with Crippen LogP contribution < -0.4 is 5.73 Å². The van der Waals surface area contributed by atoms with Gasteiger partial charge in [0, 0.05) is 12.2 Å². The average Bonchev–Trinajstić information content (AvgIpc) is 2.91. The van der Waals surface area contributed by atoms with Gasteiger partial charge in [-0.15, -0.1) is 0 Å². The van der Waals surface area contributed by atoms with Gasteiger partial charge in [-0.2, -0.15) is 0 Å². The molecule has 2 N–H and O–H groups in total. The molecule has 0 unspecified atom stereocenters. The SMILES string of the molecule is CC(C)(C)[Si](C)(C)OCCn1cnc2c(N)nc3c(c21)CCCC3. The van der Waals surface area contributed by atoms with Crippen molar-refractivity contribution in [2.45, 2.75) is 71.1 Å². The van der Waals surface area contributed by atoms with E-state index in [4.69, 9.17) is 10.2 Å².